The molecule has 212 valence electrons. The number of fused-ring (bicyclic) bond motifs is 6. The van der Waals surface area contributed by atoms with Crippen LogP contribution in [0.2, 0.25) is 0 Å². The van der Waals surface area contributed by atoms with Gasteiger partial charge in [0.05, 0.1) is 11.9 Å². The molecular weight excluding hydrogens is 554 g/mol. The minimum Gasteiger partial charge on any atom is -0.454 e. The number of para-hydroxylation sites is 2. The van der Waals surface area contributed by atoms with Gasteiger partial charge in [-0.25, -0.2) is 9.97 Å². The lowest BCUT2D eigenvalue weighted by Crippen LogP contribution is -2.12. The summed E-state index contributed by atoms with van der Waals surface area (Å²) in [7, 11) is 0. The van der Waals surface area contributed by atoms with Crippen molar-refractivity contribution in [1.82, 2.24) is 9.97 Å². The van der Waals surface area contributed by atoms with E-state index in [-0.39, 0.29) is 0 Å². The summed E-state index contributed by atoms with van der Waals surface area (Å²) >= 11 is 0. The van der Waals surface area contributed by atoms with Crippen molar-refractivity contribution in [2.45, 2.75) is 0 Å². The Bertz CT molecular complexity index is 2500. The SMILES string of the molecule is c1ccc(-c2ccc(N(c3cnc4c(c3)oc3ccccc34)c3ccc4oc5ccccc5c4n3)cc2-c2ccccc2)cc1. The molecule has 0 atom stereocenters. The number of hydrogen-bond donors (Lipinski definition) is 0. The largest absolute Gasteiger partial charge is 0.454 e. The summed E-state index contributed by atoms with van der Waals surface area (Å²) in [4.78, 5) is 12.2. The molecule has 4 aromatic heterocycles. The highest BCUT2D eigenvalue weighted by Crippen LogP contribution is 2.42. The van der Waals surface area contributed by atoms with Crippen LogP contribution in [0.1, 0.15) is 0 Å². The zero-order valence-corrected chi connectivity index (χ0v) is 24.1. The van der Waals surface area contributed by atoms with Gasteiger partial charge in [-0.3, -0.25) is 4.90 Å². The van der Waals surface area contributed by atoms with Crippen LogP contribution in [0.15, 0.2) is 161 Å². The molecular formula is C40H25N3O2. The van der Waals surface area contributed by atoms with Gasteiger partial charge in [-0.15, -0.1) is 0 Å². The van der Waals surface area contributed by atoms with Crippen LogP contribution in [0.5, 0.6) is 0 Å². The second-order valence-electron chi connectivity index (χ2n) is 11.1. The highest BCUT2D eigenvalue weighted by atomic mass is 16.3. The van der Waals surface area contributed by atoms with Gasteiger partial charge in [-0.1, -0.05) is 91.0 Å². The fourth-order valence-electron chi connectivity index (χ4n) is 6.22. The number of furan rings is 2. The molecule has 0 aliphatic rings. The summed E-state index contributed by atoms with van der Waals surface area (Å²) in [5.74, 6) is 0.748. The van der Waals surface area contributed by atoms with Crippen molar-refractivity contribution in [1.29, 1.82) is 0 Å². The Morgan fingerprint density at radius 1 is 0.444 bits per heavy atom. The Balaban J connectivity index is 1.29. The Morgan fingerprint density at radius 2 is 1.07 bits per heavy atom. The van der Waals surface area contributed by atoms with Crippen molar-refractivity contribution in [2.24, 2.45) is 0 Å². The molecule has 0 fully saturated rings. The molecule has 0 aliphatic carbocycles. The van der Waals surface area contributed by atoms with Crippen LogP contribution < -0.4 is 4.90 Å². The molecule has 5 heteroatoms. The van der Waals surface area contributed by atoms with Crippen molar-refractivity contribution >= 4 is 61.3 Å². The molecule has 45 heavy (non-hydrogen) atoms. The molecule has 9 aromatic rings. The number of anilines is 3. The summed E-state index contributed by atoms with van der Waals surface area (Å²) in [5.41, 5.74) is 11.1. The number of pyridine rings is 2. The average Bonchev–Trinajstić information content (AvgIpc) is 3.67. The average molecular weight is 580 g/mol. The standard InChI is InChI=1S/C40H25N3O2/c1-3-11-26(12-4-1)30-20-19-28(23-33(30)27-13-5-2-6-14-27)43(29-24-37-39(41-25-29)31-15-7-9-17-34(31)45-37)38-22-21-36-40(42-38)32-16-8-10-18-35(32)44-36/h1-25H. The summed E-state index contributed by atoms with van der Waals surface area (Å²) in [6, 6.07) is 49.6. The van der Waals surface area contributed by atoms with Crippen molar-refractivity contribution in [3.63, 3.8) is 0 Å². The van der Waals surface area contributed by atoms with Crippen molar-refractivity contribution in [2.75, 3.05) is 4.90 Å². The maximum absolute atomic E-state index is 6.28. The second kappa shape index (κ2) is 10.2. The first-order chi connectivity index (χ1) is 22.3. The molecule has 0 saturated heterocycles. The summed E-state index contributed by atoms with van der Waals surface area (Å²) in [5, 5.41) is 1.97. The second-order valence-corrected chi connectivity index (χ2v) is 11.1. The number of benzene rings is 5. The Hall–Kier alpha value is -6.20. The molecule has 0 amide bonds. The highest BCUT2D eigenvalue weighted by Gasteiger charge is 2.21. The minimum absolute atomic E-state index is 0.720. The fourth-order valence-corrected chi connectivity index (χ4v) is 6.22. The Labute approximate surface area is 258 Å². The van der Waals surface area contributed by atoms with E-state index in [1.807, 2.05) is 79.0 Å². The van der Waals surface area contributed by atoms with E-state index in [0.29, 0.717) is 0 Å². The van der Waals surface area contributed by atoms with Gasteiger partial charge in [0.25, 0.3) is 0 Å². The third kappa shape index (κ3) is 4.25. The third-order valence-corrected chi connectivity index (χ3v) is 8.32. The van der Waals surface area contributed by atoms with Crippen molar-refractivity contribution < 1.29 is 8.83 Å². The molecule has 0 saturated carbocycles. The van der Waals surface area contributed by atoms with E-state index in [1.165, 1.54) is 0 Å². The molecule has 0 aliphatic heterocycles. The maximum atomic E-state index is 6.28. The lowest BCUT2D eigenvalue weighted by Gasteiger charge is -2.25. The number of rotatable bonds is 5. The first-order valence-corrected chi connectivity index (χ1v) is 14.9. The fraction of sp³-hybridized carbons (Fsp3) is 0. The van der Waals surface area contributed by atoms with Crippen LogP contribution in [-0.2, 0) is 0 Å². The van der Waals surface area contributed by atoms with E-state index in [1.54, 1.807) is 0 Å². The predicted molar refractivity (Wildman–Crippen MR) is 182 cm³/mol. The maximum Gasteiger partial charge on any atom is 0.155 e. The molecule has 9 rings (SSSR count). The van der Waals surface area contributed by atoms with E-state index in [0.717, 1.165) is 83.6 Å². The van der Waals surface area contributed by atoms with Gasteiger partial charge >= 0.3 is 0 Å². The summed E-state index contributed by atoms with van der Waals surface area (Å²) < 4.78 is 12.4. The first-order valence-electron chi connectivity index (χ1n) is 14.9. The molecule has 0 spiro atoms. The summed E-state index contributed by atoms with van der Waals surface area (Å²) in [6.45, 7) is 0. The highest BCUT2D eigenvalue weighted by molar-refractivity contribution is 6.05. The molecule has 0 unspecified atom stereocenters. The smallest absolute Gasteiger partial charge is 0.155 e. The van der Waals surface area contributed by atoms with Crippen molar-refractivity contribution in [3.8, 4) is 22.3 Å². The molecule has 0 bridgehead atoms. The normalized spacial score (nSPS) is 11.6. The van der Waals surface area contributed by atoms with Crippen LogP contribution in [0.3, 0.4) is 0 Å². The van der Waals surface area contributed by atoms with E-state index >= 15 is 0 Å². The minimum atomic E-state index is 0.720. The van der Waals surface area contributed by atoms with Gasteiger partial charge in [-0.2, -0.15) is 0 Å². The number of hydrogen-bond acceptors (Lipinski definition) is 5. The van der Waals surface area contributed by atoms with Crippen LogP contribution in [-0.4, -0.2) is 9.97 Å². The molecule has 5 nitrogen and oxygen atoms in total. The van der Waals surface area contributed by atoms with Gasteiger partial charge < -0.3 is 8.83 Å². The van der Waals surface area contributed by atoms with E-state index in [2.05, 4.69) is 77.7 Å². The van der Waals surface area contributed by atoms with Crippen LogP contribution in [0.4, 0.5) is 17.2 Å². The molecule has 5 aromatic carbocycles. The lowest BCUT2D eigenvalue weighted by molar-refractivity contribution is 0.667. The van der Waals surface area contributed by atoms with Gasteiger partial charge in [0.2, 0.25) is 0 Å². The first kappa shape index (κ1) is 25.3. The van der Waals surface area contributed by atoms with Gasteiger partial charge in [-0.05, 0) is 70.8 Å². The van der Waals surface area contributed by atoms with E-state index in [9.17, 15) is 0 Å². The van der Waals surface area contributed by atoms with E-state index in [4.69, 9.17) is 18.8 Å². The predicted octanol–water partition coefficient (Wildman–Crippen LogP) is 11.1. The number of nitrogens with zero attached hydrogens (tertiary/aromatic N) is 3. The lowest BCUT2D eigenvalue weighted by atomic mass is 9.94. The van der Waals surface area contributed by atoms with Crippen LogP contribution >= 0.6 is 0 Å². The monoisotopic (exact) mass is 579 g/mol. The van der Waals surface area contributed by atoms with Crippen LogP contribution in [0, 0.1) is 0 Å². The summed E-state index contributed by atoms with van der Waals surface area (Å²) in [6.07, 6.45) is 1.90. The topological polar surface area (TPSA) is 55.3 Å². The molecule has 0 radical (unpaired) electrons. The quantitative estimate of drug-likeness (QED) is 0.203. The van der Waals surface area contributed by atoms with Crippen LogP contribution in [0.25, 0.3) is 66.4 Å². The molecule has 4 heterocycles. The van der Waals surface area contributed by atoms with E-state index < -0.39 is 0 Å². The molecule has 0 N–H and O–H groups in total. The van der Waals surface area contributed by atoms with Gasteiger partial charge in [0.15, 0.2) is 11.2 Å². The zero-order valence-electron chi connectivity index (χ0n) is 24.1. The Morgan fingerprint density at radius 3 is 1.80 bits per heavy atom. The van der Waals surface area contributed by atoms with Gasteiger partial charge in [0.1, 0.15) is 28.0 Å². The number of aromatic nitrogens is 2. The Kier molecular flexibility index (Phi) is 5.74. The third-order valence-electron chi connectivity index (χ3n) is 8.32. The van der Waals surface area contributed by atoms with Crippen molar-refractivity contribution in [3.05, 3.63) is 152 Å². The zero-order chi connectivity index (χ0) is 29.7. The van der Waals surface area contributed by atoms with Gasteiger partial charge in [0, 0.05) is 22.5 Å².